The maximum atomic E-state index is 13.0. The molecule has 2 heterocycles. The molecule has 1 aliphatic carbocycles. The third-order valence-electron chi connectivity index (χ3n) is 4.11. The van der Waals surface area contributed by atoms with E-state index in [1.807, 2.05) is 25.3 Å². The van der Waals surface area contributed by atoms with E-state index in [4.69, 9.17) is 0 Å². The molecule has 1 aromatic carbocycles. The molecule has 0 atom stereocenters. The molecule has 1 aromatic heterocycles. The highest BCUT2D eigenvalue weighted by atomic mass is 32.1. The van der Waals surface area contributed by atoms with Crippen molar-refractivity contribution in [2.75, 3.05) is 0 Å². The number of thiazole rings is 1. The van der Waals surface area contributed by atoms with Crippen molar-refractivity contribution in [1.82, 2.24) is 9.88 Å². The molecule has 2 aromatic rings. The molecule has 0 spiro atoms. The molecular weight excluding hydrogens is 351 g/mol. The highest BCUT2D eigenvalue weighted by Crippen LogP contribution is 2.31. The van der Waals surface area contributed by atoms with Gasteiger partial charge in [-0.25, -0.2) is 9.37 Å². The predicted octanol–water partition coefficient (Wildman–Crippen LogP) is 4.49. The van der Waals surface area contributed by atoms with Gasteiger partial charge < -0.3 is 0 Å². The van der Waals surface area contributed by atoms with Crippen LogP contribution < -0.4 is 0 Å². The number of nitrogens with zero attached hydrogens (tertiary/aromatic N) is 2. The number of benzene rings is 1. The van der Waals surface area contributed by atoms with Crippen molar-refractivity contribution in [2.45, 2.75) is 33.2 Å². The largest absolute Gasteiger partial charge is 0.269 e. The van der Waals surface area contributed by atoms with Crippen LogP contribution in [0, 0.1) is 5.82 Å². The Labute approximate surface area is 155 Å². The van der Waals surface area contributed by atoms with Crippen molar-refractivity contribution in [3.8, 4) is 10.6 Å². The molecule has 4 nitrogen and oxygen atoms in total. The molecule has 0 unspecified atom stereocenters. The standard InChI is InChI=1S/C18H13FN2O2S.C2H6/c19-12-7-5-11(6-8-12)16-20-13(10-24-16)9-21-17(22)14-3-1-2-4-15(14)18(21)23;1-2/h1,3,5-8,10H,2,4,9H2;1-2H3. The van der Waals surface area contributed by atoms with Crippen LogP contribution in [0.5, 0.6) is 0 Å². The van der Waals surface area contributed by atoms with Crippen LogP contribution in [-0.2, 0) is 16.1 Å². The molecule has 6 heteroatoms. The van der Waals surface area contributed by atoms with Gasteiger partial charge in [0.25, 0.3) is 11.8 Å². The van der Waals surface area contributed by atoms with Gasteiger partial charge in [0.2, 0.25) is 0 Å². The normalized spacial score (nSPS) is 15.9. The van der Waals surface area contributed by atoms with Crippen LogP contribution in [0.3, 0.4) is 0 Å². The number of halogens is 1. The van der Waals surface area contributed by atoms with E-state index in [0.717, 1.165) is 17.0 Å². The van der Waals surface area contributed by atoms with Crippen molar-refractivity contribution >= 4 is 23.2 Å². The lowest BCUT2D eigenvalue weighted by Gasteiger charge is -2.12. The van der Waals surface area contributed by atoms with Crippen LogP contribution in [0.25, 0.3) is 10.6 Å². The minimum atomic E-state index is -0.298. The summed E-state index contributed by atoms with van der Waals surface area (Å²) in [6.07, 6.45) is 5.06. The molecule has 26 heavy (non-hydrogen) atoms. The van der Waals surface area contributed by atoms with Gasteiger partial charge in [-0.15, -0.1) is 11.3 Å². The summed E-state index contributed by atoms with van der Waals surface area (Å²) in [5.74, 6) is -0.758. The molecule has 134 valence electrons. The molecule has 2 amide bonds. The van der Waals surface area contributed by atoms with Crippen LogP contribution in [0.2, 0.25) is 0 Å². The maximum absolute atomic E-state index is 13.0. The number of imide groups is 1. The molecule has 0 fully saturated rings. The van der Waals surface area contributed by atoms with E-state index < -0.39 is 0 Å². The first kappa shape index (κ1) is 18.2. The number of allylic oxidation sites excluding steroid dienone is 1. The van der Waals surface area contributed by atoms with Gasteiger partial charge in [0, 0.05) is 22.1 Å². The smallest absolute Gasteiger partial charge is 0.261 e. The topological polar surface area (TPSA) is 50.3 Å². The maximum Gasteiger partial charge on any atom is 0.261 e. The van der Waals surface area contributed by atoms with Crippen molar-refractivity contribution in [3.05, 3.63) is 64.5 Å². The van der Waals surface area contributed by atoms with Crippen LogP contribution >= 0.6 is 11.3 Å². The average Bonchev–Trinajstić information content (AvgIpc) is 3.24. The molecular formula is C20H19FN2O2S. The zero-order valence-electron chi connectivity index (χ0n) is 14.7. The number of rotatable bonds is 3. The van der Waals surface area contributed by atoms with Gasteiger partial charge in [-0.3, -0.25) is 14.5 Å². The second kappa shape index (κ2) is 7.74. The van der Waals surface area contributed by atoms with E-state index in [1.165, 1.54) is 28.4 Å². The van der Waals surface area contributed by atoms with Crippen LogP contribution in [0.4, 0.5) is 4.39 Å². The summed E-state index contributed by atoms with van der Waals surface area (Å²) in [7, 11) is 0. The Morgan fingerprint density at radius 3 is 2.58 bits per heavy atom. The first-order valence-electron chi connectivity index (χ1n) is 8.60. The Balaban J connectivity index is 0.000000948. The third-order valence-corrected chi connectivity index (χ3v) is 5.05. The number of aromatic nitrogens is 1. The van der Waals surface area contributed by atoms with Crippen molar-refractivity contribution < 1.29 is 14.0 Å². The Bertz CT molecular complexity index is 897. The molecule has 0 radical (unpaired) electrons. The average molecular weight is 370 g/mol. The third kappa shape index (κ3) is 3.37. The highest BCUT2D eigenvalue weighted by molar-refractivity contribution is 7.13. The predicted molar refractivity (Wildman–Crippen MR) is 99.8 cm³/mol. The van der Waals surface area contributed by atoms with E-state index in [9.17, 15) is 14.0 Å². The second-order valence-electron chi connectivity index (χ2n) is 5.68. The van der Waals surface area contributed by atoms with Crippen LogP contribution in [0.15, 0.2) is 52.9 Å². The van der Waals surface area contributed by atoms with Gasteiger partial charge >= 0.3 is 0 Å². The number of hydrogen-bond acceptors (Lipinski definition) is 4. The van der Waals surface area contributed by atoms with Gasteiger partial charge in [0.1, 0.15) is 10.8 Å². The minimum absolute atomic E-state index is 0.163. The van der Waals surface area contributed by atoms with Gasteiger partial charge in [-0.1, -0.05) is 26.0 Å². The fraction of sp³-hybridized carbons (Fsp3) is 0.250. The Hall–Kier alpha value is -2.60. The van der Waals surface area contributed by atoms with E-state index >= 15 is 0 Å². The van der Waals surface area contributed by atoms with Crippen molar-refractivity contribution in [1.29, 1.82) is 0 Å². The Morgan fingerprint density at radius 2 is 1.88 bits per heavy atom. The number of carbonyl (C=O) groups excluding carboxylic acids is 2. The summed E-state index contributed by atoms with van der Waals surface area (Å²) in [4.78, 5) is 30.5. The fourth-order valence-electron chi connectivity index (χ4n) is 2.90. The SMILES string of the molecule is CC.O=C1C2=C(CCC=C2)C(=O)N1Cc1csc(-c2ccc(F)cc2)n1. The summed E-state index contributed by atoms with van der Waals surface area (Å²) in [5.41, 5.74) is 2.59. The van der Waals surface area contributed by atoms with Crippen molar-refractivity contribution in [2.24, 2.45) is 0 Å². The lowest BCUT2D eigenvalue weighted by atomic mass is 10.00. The van der Waals surface area contributed by atoms with Crippen molar-refractivity contribution in [3.63, 3.8) is 0 Å². The minimum Gasteiger partial charge on any atom is -0.269 e. The monoisotopic (exact) mass is 370 g/mol. The first-order chi connectivity index (χ1) is 12.6. The summed E-state index contributed by atoms with van der Waals surface area (Å²) >= 11 is 1.41. The zero-order chi connectivity index (χ0) is 18.7. The first-order valence-corrected chi connectivity index (χ1v) is 9.47. The Kier molecular flexibility index (Phi) is 5.42. The van der Waals surface area contributed by atoms with E-state index in [1.54, 1.807) is 18.2 Å². The number of amides is 2. The van der Waals surface area contributed by atoms with Crippen LogP contribution in [-0.4, -0.2) is 21.7 Å². The lowest BCUT2D eigenvalue weighted by Crippen LogP contribution is -2.31. The van der Waals surface area contributed by atoms with Gasteiger partial charge in [0.15, 0.2) is 0 Å². The van der Waals surface area contributed by atoms with E-state index in [2.05, 4.69) is 4.98 Å². The molecule has 4 rings (SSSR count). The summed E-state index contributed by atoms with van der Waals surface area (Å²) in [5, 5.41) is 2.56. The van der Waals surface area contributed by atoms with E-state index in [0.29, 0.717) is 23.3 Å². The molecule has 1 aliphatic heterocycles. The lowest BCUT2D eigenvalue weighted by molar-refractivity contribution is -0.138. The van der Waals surface area contributed by atoms with Gasteiger partial charge in [0.05, 0.1) is 12.2 Å². The molecule has 0 N–H and O–H groups in total. The molecule has 0 saturated carbocycles. The molecule has 2 aliphatic rings. The van der Waals surface area contributed by atoms with Gasteiger partial charge in [-0.05, 0) is 37.1 Å². The van der Waals surface area contributed by atoms with E-state index in [-0.39, 0.29) is 24.2 Å². The molecule has 0 bridgehead atoms. The Morgan fingerprint density at radius 1 is 1.15 bits per heavy atom. The summed E-state index contributed by atoms with van der Waals surface area (Å²) < 4.78 is 13.0. The number of hydrogen-bond donors (Lipinski definition) is 0. The fourth-order valence-corrected chi connectivity index (χ4v) is 3.71. The molecule has 0 saturated heterocycles. The summed E-state index contributed by atoms with van der Waals surface area (Å²) in [6, 6.07) is 6.09. The second-order valence-corrected chi connectivity index (χ2v) is 6.54. The highest BCUT2D eigenvalue weighted by Gasteiger charge is 2.37. The zero-order valence-corrected chi connectivity index (χ0v) is 15.5. The van der Waals surface area contributed by atoms with Crippen LogP contribution in [0.1, 0.15) is 32.4 Å². The van der Waals surface area contributed by atoms with Gasteiger partial charge in [-0.2, -0.15) is 0 Å². The summed E-state index contributed by atoms with van der Waals surface area (Å²) in [6.45, 7) is 4.16. The number of carbonyl (C=O) groups is 2. The quantitative estimate of drug-likeness (QED) is 0.748.